The van der Waals surface area contributed by atoms with Gasteiger partial charge in [0.25, 0.3) is 0 Å². The fraction of sp³-hybridized carbons (Fsp3) is 0.667. The van der Waals surface area contributed by atoms with E-state index in [0.29, 0.717) is 0 Å². The Morgan fingerprint density at radius 3 is 2.67 bits per heavy atom. The quantitative estimate of drug-likeness (QED) is 0.506. The lowest BCUT2D eigenvalue weighted by Crippen LogP contribution is -2.30. The molecule has 0 aromatic carbocycles. The number of likely N-dealkylation sites (N-methyl/N-ethyl adjacent to an activating group) is 2. The van der Waals surface area contributed by atoms with E-state index in [-0.39, 0.29) is 0 Å². The van der Waals surface area contributed by atoms with E-state index in [4.69, 9.17) is 0 Å². The monoisotopic (exact) mass is 228 g/mol. The number of nitrogens with zero attached hydrogens (tertiary/aromatic N) is 1. The van der Waals surface area contributed by atoms with Crippen molar-refractivity contribution < 1.29 is 0 Å². The minimum Gasteiger partial charge on any atom is -0.318 e. The Hall–Kier alpha value is -0.170. The van der Waals surface area contributed by atoms with Gasteiger partial charge in [-0.3, -0.25) is 4.90 Å². The van der Waals surface area contributed by atoms with E-state index in [2.05, 4.69) is 51.5 Å². The van der Waals surface area contributed by atoms with Gasteiger partial charge in [-0.15, -0.1) is 9.24 Å². The second-order valence-electron chi connectivity index (χ2n) is 3.52. The third-order valence-corrected chi connectivity index (χ3v) is 2.94. The van der Waals surface area contributed by atoms with Crippen LogP contribution in [0.4, 0.5) is 0 Å². The number of allylic oxidation sites excluding steroid dienone is 3. The fourth-order valence-corrected chi connectivity index (χ4v) is 1.28. The van der Waals surface area contributed by atoms with Gasteiger partial charge in [0.1, 0.15) is 0 Å². The van der Waals surface area contributed by atoms with Gasteiger partial charge in [-0.25, -0.2) is 0 Å². The van der Waals surface area contributed by atoms with Crippen molar-refractivity contribution in [2.24, 2.45) is 0 Å². The molecule has 1 unspecified atom stereocenters. The highest BCUT2D eigenvalue weighted by Gasteiger charge is 1.96. The Morgan fingerprint density at radius 2 is 2.13 bits per heavy atom. The summed E-state index contributed by atoms with van der Waals surface area (Å²) in [7, 11) is 4.75. The molecule has 0 saturated carbocycles. The Kier molecular flexibility index (Phi) is 10.2. The largest absolute Gasteiger partial charge is 0.318 e. The van der Waals surface area contributed by atoms with Crippen LogP contribution in [0.5, 0.6) is 0 Å². The molecule has 0 aliphatic heterocycles. The summed E-state index contributed by atoms with van der Waals surface area (Å²) in [6, 6.07) is 0. The third-order valence-electron chi connectivity index (χ3n) is 2.34. The number of hydrogen-bond acceptors (Lipinski definition) is 2. The molecule has 0 amide bonds. The Bertz CT molecular complexity index is 200. The van der Waals surface area contributed by atoms with Gasteiger partial charge < -0.3 is 5.32 Å². The maximum absolute atomic E-state index is 3.17. The zero-order valence-corrected chi connectivity index (χ0v) is 11.4. The smallest absolute Gasteiger partial charge is 0.0166 e. The van der Waals surface area contributed by atoms with Gasteiger partial charge in [-0.1, -0.05) is 37.4 Å². The molecule has 88 valence electrons. The maximum atomic E-state index is 3.17. The van der Waals surface area contributed by atoms with Crippen LogP contribution in [-0.4, -0.2) is 38.1 Å². The molecule has 1 N–H and O–H groups in total. The molecule has 0 aliphatic rings. The van der Waals surface area contributed by atoms with Crippen LogP contribution in [0.15, 0.2) is 23.5 Å². The molecule has 0 spiro atoms. The van der Waals surface area contributed by atoms with Crippen LogP contribution in [0.1, 0.15) is 20.3 Å². The predicted molar refractivity (Wildman–Crippen MR) is 73.3 cm³/mol. The first-order valence-corrected chi connectivity index (χ1v) is 6.30. The summed E-state index contributed by atoms with van der Waals surface area (Å²) in [6.07, 6.45) is 7.63. The Labute approximate surface area is 97.0 Å². The van der Waals surface area contributed by atoms with Crippen molar-refractivity contribution in [2.75, 3.05) is 33.2 Å². The van der Waals surface area contributed by atoms with Crippen LogP contribution in [-0.2, 0) is 0 Å². The maximum Gasteiger partial charge on any atom is 0.0166 e. The van der Waals surface area contributed by atoms with Crippen LogP contribution >= 0.6 is 9.24 Å². The molecule has 0 bridgehead atoms. The summed E-state index contributed by atoms with van der Waals surface area (Å²) >= 11 is 0. The molecule has 0 aromatic rings. The first-order valence-electron chi connectivity index (χ1n) is 5.72. The predicted octanol–water partition coefficient (Wildman–Crippen LogP) is 2.25. The van der Waals surface area contributed by atoms with Crippen molar-refractivity contribution in [1.82, 2.24) is 10.2 Å². The van der Waals surface area contributed by atoms with E-state index < -0.39 is 0 Å². The first kappa shape index (κ1) is 14.8. The summed E-state index contributed by atoms with van der Waals surface area (Å²) in [5.74, 6) is 0. The van der Waals surface area contributed by atoms with Crippen LogP contribution < -0.4 is 5.32 Å². The third kappa shape index (κ3) is 8.80. The topological polar surface area (TPSA) is 15.3 Å². The normalized spacial score (nSPS) is 13.0. The molecule has 0 saturated heterocycles. The van der Waals surface area contributed by atoms with E-state index in [0.717, 1.165) is 32.6 Å². The summed E-state index contributed by atoms with van der Waals surface area (Å²) in [5.41, 5.74) is 0. The van der Waals surface area contributed by atoms with Crippen LogP contribution in [0.3, 0.4) is 0 Å². The summed E-state index contributed by atoms with van der Waals surface area (Å²) in [5, 5.41) is 4.52. The molecule has 3 heteroatoms. The molecule has 1 atom stereocenters. The molecule has 2 nitrogen and oxygen atoms in total. The molecule has 0 rings (SSSR count). The van der Waals surface area contributed by atoms with E-state index in [1.165, 1.54) is 5.31 Å². The lowest BCUT2D eigenvalue weighted by Gasteiger charge is -2.17. The van der Waals surface area contributed by atoms with Crippen molar-refractivity contribution in [2.45, 2.75) is 20.3 Å². The van der Waals surface area contributed by atoms with Gasteiger partial charge >= 0.3 is 0 Å². The van der Waals surface area contributed by atoms with Crippen molar-refractivity contribution >= 4 is 9.24 Å². The van der Waals surface area contributed by atoms with E-state index in [1.54, 1.807) is 0 Å². The van der Waals surface area contributed by atoms with Gasteiger partial charge in [-0.2, -0.15) is 0 Å². The van der Waals surface area contributed by atoms with Gasteiger partial charge in [0.05, 0.1) is 0 Å². The minimum absolute atomic E-state index is 1.04. The van der Waals surface area contributed by atoms with E-state index in [9.17, 15) is 0 Å². The van der Waals surface area contributed by atoms with Crippen molar-refractivity contribution in [3.8, 4) is 0 Å². The van der Waals surface area contributed by atoms with Crippen LogP contribution in [0.25, 0.3) is 0 Å². The summed E-state index contributed by atoms with van der Waals surface area (Å²) in [4.78, 5) is 2.41. The Balaban J connectivity index is 3.79. The van der Waals surface area contributed by atoms with Gasteiger partial charge in [-0.05, 0) is 20.0 Å². The standard InChI is InChI=1S/C12H25N2P/c1-4-12(15)8-6-7-10-14(5-2)11-9-13-3/h6-8,13H,4-5,9-11,15H2,1-3H3/b7-6-,12-8+. The number of nitrogens with one attached hydrogen (secondary N) is 1. The summed E-state index contributed by atoms with van der Waals surface area (Å²) in [6.45, 7) is 8.68. The minimum atomic E-state index is 1.04. The number of hydrogen-bond donors (Lipinski definition) is 1. The van der Waals surface area contributed by atoms with E-state index in [1.807, 2.05) is 7.05 Å². The van der Waals surface area contributed by atoms with Gasteiger partial charge in [0.15, 0.2) is 0 Å². The summed E-state index contributed by atoms with van der Waals surface area (Å²) < 4.78 is 0. The average Bonchev–Trinajstić information content (AvgIpc) is 2.27. The highest BCUT2D eigenvalue weighted by molar-refractivity contribution is 7.22. The molecule has 0 fully saturated rings. The van der Waals surface area contributed by atoms with Crippen LogP contribution in [0, 0.1) is 0 Å². The Morgan fingerprint density at radius 1 is 1.40 bits per heavy atom. The molecular weight excluding hydrogens is 203 g/mol. The lowest BCUT2D eigenvalue weighted by molar-refractivity contribution is 0.320. The average molecular weight is 228 g/mol. The fourth-order valence-electron chi connectivity index (χ4n) is 1.17. The highest BCUT2D eigenvalue weighted by Crippen LogP contribution is 2.08. The first-order chi connectivity index (χ1) is 7.24. The SMILES string of the molecule is CC/C(P)=C\C=C/CN(CC)CCNC. The van der Waals surface area contributed by atoms with Gasteiger partial charge in [0.2, 0.25) is 0 Å². The van der Waals surface area contributed by atoms with E-state index >= 15 is 0 Å². The highest BCUT2D eigenvalue weighted by atomic mass is 31.0. The zero-order chi connectivity index (χ0) is 11.5. The molecule has 0 heterocycles. The van der Waals surface area contributed by atoms with Crippen LogP contribution in [0.2, 0.25) is 0 Å². The lowest BCUT2D eigenvalue weighted by atomic mass is 10.3. The second kappa shape index (κ2) is 10.4. The molecule has 0 aromatic heterocycles. The molecular formula is C12H25N2P. The van der Waals surface area contributed by atoms with Crippen molar-refractivity contribution in [3.63, 3.8) is 0 Å². The van der Waals surface area contributed by atoms with Crippen molar-refractivity contribution in [1.29, 1.82) is 0 Å². The molecule has 15 heavy (non-hydrogen) atoms. The van der Waals surface area contributed by atoms with Crippen molar-refractivity contribution in [3.05, 3.63) is 23.5 Å². The molecule has 0 aliphatic carbocycles. The van der Waals surface area contributed by atoms with Gasteiger partial charge in [0, 0.05) is 19.6 Å². The number of rotatable bonds is 8. The second-order valence-corrected chi connectivity index (χ2v) is 4.26. The zero-order valence-electron chi connectivity index (χ0n) is 10.3. The molecule has 0 radical (unpaired) electrons.